The second-order valence-corrected chi connectivity index (χ2v) is 4.24. The zero-order chi connectivity index (χ0) is 9.97. The van der Waals surface area contributed by atoms with Gasteiger partial charge in [0, 0.05) is 27.7 Å². The van der Waals surface area contributed by atoms with Crippen molar-refractivity contribution in [1.82, 2.24) is 9.97 Å². The summed E-state index contributed by atoms with van der Waals surface area (Å²) in [6, 6.07) is 6.07. The van der Waals surface area contributed by atoms with Crippen molar-refractivity contribution in [1.29, 1.82) is 0 Å². The molecule has 14 heavy (non-hydrogen) atoms. The smallest absolute Gasteiger partial charge is 0.0836 e. The van der Waals surface area contributed by atoms with Crippen molar-refractivity contribution in [3.63, 3.8) is 0 Å². The first-order valence-corrected chi connectivity index (χ1v) is 5.38. The molecule has 3 heteroatoms. The third kappa shape index (κ3) is 1.92. The van der Waals surface area contributed by atoms with Gasteiger partial charge in [-0.25, -0.2) is 0 Å². The molecule has 0 aliphatic heterocycles. The molecule has 2 heterocycles. The lowest BCUT2D eigenvalue weighted by Gasteiger charge is -2.03. The first-order valence-electron chi connectivity index (χ1n) is 4.30. The van der Waals surface area contributed by atoms with Gasteiger partial charge in [-0.3, -0.25) is 9.97 Å². The van der Waals surface area contributed by atoms with Crippen LogP contribution in [0.5, 0.6) is 0 Å². The minimum Gasteiger partial charge on any atom is -0.265 e. The number of aromatic nitrogens is 2. The molecule has 2 aromatic heterocycles. The Balaban J connectivity index is 2.53. The van der Waals surface area contributed by atoms with Crippen molar-refractivity contribution in [3.05, 3.63) is 45.9 Å². The molecule has 0 saturated carbocycles. The van der Waals surface area contributed by atoms with Gasteiger partial charge in [-0.1, -0.05) is 0 Å². The van der Waals surface area contributed by atoms with Crippen molar-refractivity contribution in [2.45, 2.75) is 6.92 Å². The Hall–Kier alpha value is -0.970. The van der Waals surface area contributed by atoms with Gasteiger partial charge in [0.05, 0.1) is 5.69 Å². The highest BCUT2D eigenvalue weighted by molar-refractivity contribution is 14.1. The fourth-order valence-electron chi connectivity index (χ4n) is 1.26. The van der Waals surface area contributed by atoms with E-state index < -0.39 is 0 Å². The monoisotopic (exact) mass is 296 g/mol. The van der Waals surface area contributed by atoms with Crippen LogP contribution < -0.4 is 0 Å². The van der Waals surface area contributed by atoms with Gasteiger partial charge >= 0.3 is 0 Å². The van der Waals surface area contributed by atoms with Gasteiger partial charge in [-0.15, -0.1) is 0 Å². The third-order valence-corrected chi connectivity index (χ3v) is 2.75. The minimum atomic E-state index is 1.03. The Morgan fingerprint density at radius 1 is 1.21 bits per heavy atom. The largest absolute Gasteiger partial charge is 0.265 e. The first kappa shape index (κ1) is 9.58. The summed E-state index contributed by atoms with van der Waals surface area (Å²) in [7, 11) is 0. The molecular weight excluding hydrogens is 287 g/mol. The molecule has 0 aliphatic carbocycles. The van der Waals surface area contributed by atoms with E-state index in [-0.39, 0.29) is 0 Å². The number of rotatable bonds is 1. The van der Waals surface area contributed by atoms with E-state index >= 15 is 0 Å². The van der Waals surface area contributed by atoms with Gasteiger partial charge in [0.2, 0.25) is 0 Å². The number of halogens is 1. The van der Waals surface area contributed by atoms with Crippen molar-refractivity contribution in [3.8, 4) is 11.3 Å². The number of nitrogens with zero attached hydrogens (tertiary/aromatic N) is 2. The van der Waals surface area contributed by atoms with Crippen LogP contribution in [0.2, 0.25) is 0 Å². The Morgan fingerprint density at radius 3 is 2.57 bits per heavy atom. The van der Waals surface area contributed by atoms with Crippen molar-refractivity contribution >= 4 is 22.6 Å². The lowest BCUT2D eigenvalue weighted by atomic mass is 10.1. The predicted molar refractivity (Wildman–Crippen MR) is 64.9 cm³/mol. The maximum Gasteiger partial charge on any atom is 0.0836 e. The number of hydrogen-bond acceptors (Lipinski definition) is 2. The van der Waals surface area contributed by atoms with Crippen molar-refractivity contribution < 1.29 is 0 Å². The average molecular weight is 296 g/mol. The summed E-state index contributed by atoms with van der Waals surface area (Å²) < 4.78 is 1.17. The molecule has 0 unspecified atom stereocenters. The molecule has 2 aromatic rings. The van der Waals surface area contributed by atoms with Gasteiger partial charge in [0.1, 0.15) is 0 Å². The SMILES string of the molecule is Cc1cnc(-c2ccncc2)c(I)c1. The highest BCUT2D eigenvalue weighted by atomic mass is 127. The molecule has 0 bridgehead atoms. The molecule has 0 amide bonds. The normalized spacial score (nSPS) is 10.1. The molecular formula is C11H9IN2. The fraction of sp³-hybridized carbons (Fsp3) is 0.0909. The third-order valence-electron chi connectivity index (χ3n) is 1.93. The van der Waals surface area contributed by atoms with E-state index in [1.54, 1.807) is 12.4 Å². The Bertz CT molecular complexity index is 440. The second-order valence-electron chi connectivity index (χ2n) is 3.08. The van der Waals surface area contributed by atoms with Gasteiger partial charge in [0.15, 0.2) is 0 Å². The molecule has 0 atom stereocenters. The summed E-state index contributed by atoms with van der Waals surface area (Å²) in [6.07, 6.45) is 5.46. The van der Waals surface area contributed by atoms with Crippen LogP contribution in [0.25, 0.3) is 11.3 Å². The number of pyridine rings is 2. The average Bonchev–Trinajstić information content (AvgIpc) is 2.19. The lowest BCUT2D eigenvalue weighted by Crippen LogP contribution is -1.89. The van der Waals surface area contributed by atoms with E-state index in [1.165, 1.54) is 9.13 Å². The molecule has 0 fully saturated rings. The zero-order valence-corrected chi connectivity index (χ0v) is 9.89. The summed E-state index contributed by atoms with van der Waals surface area (Å²) in [5.74, 6) is 0. The Labute approximate surface area is 96.6 Å². The summed E-state index contributed by atoms with van der Waals surface area (Å²) in [5.41, 5.74) is 3.33. The van der Waals surface area contributed by atoms with E-state index in [2.05, 4.69) is 38.6 Å². The molecule has 0 aromatic carbocycles. The first-order chi connectivity index (χ1) is 6.77. The fourth-order valence-corrected chi connectivity index (χ4v) is 2.20. The van der Waals surface area contributed by atoms with Crippen molar-refractivity contribution in [2.24, 2.45) is 0 Å². The molecule has 0 aliphatic rings. The summed E-state index contributed by atoms with van der Waals surface area (Å²) in [4.78, 5) is 8.40. The van der Waals surface area contributed by atoms with E-state index in [4.69, 9.17) is 0 Å². The molecule has 70 valence electrons. The molecule has 2 nitrogen and oxygen atoms in total. The summed E-state index contributed by atoms with van der Waals surface area (Å²) in [6.45, 7) is 2.05. The summed E-state index contributed by atoms with van der Waals surface area (Å²) in [5, 5.41) is 0. The van der Waals surface area contributed by atoms with Crippen LogP contribution >= 0.6 is 22.6 Å². The van der Waals surface area contributed by atoms with E-state index in [1.807, 2.05) is 25.3 Å². The maximum absolute atomic E-state index is 4.41. The van der Waals surface area contributed by atoms with Crippen LogP contribution in [0.15, 0.2) is 36.8 Å². The highest BCUT2D eigenvalue weighted by Gasteiger charge is 2.03. The minimum absolute atomic E-state index is 1.03. The molecule has 2 rings (SSSR count). The maximum atomic E-state index is 4.41. The number of aryl methyl sites for hydroxylation is 1. The van der Waals surface area contributed by atoms with Crippen LogP contribution in [-0.2, 0) is 0 Å². The Morgan fingerprint density at radius 2 is 1.93 bits per heavy atom. The van der Waals surface area contributed by atoms with E-state index in [0.717, 1.165) is 11.3 Å². The highest BCUT2D eigenvalue weighted by Crippen LogP contribution is 2.22. The van der Waals surface area contributed by atoms with Gasteiger partial charge < -0.3 is 0 Å². The van der Waals surface area contributed by atoms with Gasteiger partial charge in [-0.05, 0) is 53.3 Å². The van der Waals surface area contributed by atoms with Crippen LogP contribution in [-0.4, -0.2) is 9.97 Å². The van der Waals surface area contributed by atoms with Gasteiger partial charge in [0.25, 0.3) is 0 Å². The zero-order valence-electron chi connectivity index (χ0n) is 7.74. The predicted octanol–water partition coefficient (Wildman–Crippen LogP) is 3.06. The lowest BCUT2D eigenvalue weighted by molar-refractivity contribution is 1.24. The molecule has 0 saturated heterocycles. The van der Waals surface area contributed by atoms with Gasteiger partial charge in [-0.2, -0.15) is 0 Å². The molecule has 0 N–H and O–H groups in total. The Kier molecular flexibility index (Phi) is 2.77. The standard InChI is InChI=1S/C11H9IN2/c1-8-6-10(12)11(14-7-8)9-2-4-13-5-3-9/h2-7H,1H3. The topological polar surface area (TPSA) is 25.8 Å². The van der Waals surface area contributed by atoms with E-state index in [9.17, 15) is 0 Å². The molecule has 0 spiro atoms. The quantitative estimate of drug-likeness (QED) is 0.756. The van der Waals surface area contributed by atoms with Crippen LogP contribution in [0.1, 0.15) is 5.56 Å². The van der Waals surface area contributed by atoms with Crippen LogP contribution in [0, 0.1) is 10.5 Å². The number of hydrogen-bond donors (Lipinski definition) is 0. The molecule has 0 radical (unpaired) electrons. The van der Waals surface area contributed by atoms with Crippen LogP contribution in [0.4, 0.5) is 0 Å². The second kappa shape index (κ2) is 4.04. The van der Waals surface area contributed by atoms with Crippen LogP contribution in [0.3, 0.4) is 0 Å². The summed E-state index contributed by atoms with van der Waals surface area (Å²) >= 11 is 2.31. The van der Waals surface area contributed by atoms with E-state index in [0.29, 0.717) is 0 Å². The van der Waals surface area contributed by atoms with Crippen molar-refractivity contribution in [2.75, 3.05) is 0 Å².